The van der Waals surface area contributed by atoms with Crippen LogP contribution in [-0.4, -0.2) is 34.0 Å². The molecule has 1 saturated heterocycles. The molecule has 0 aliphatic carbocycles. The number of anilines is 2. The number of nitrogens with one attached hydrogen (secondary N) is 1. The van der Waals surface area contributed by atoms with Crippen molar-refractivity contribution in [1.82, 2.24) is 9.97 Å². The fraction of sp³-hybridized carbons (Fsp3) is 0.267. The van der Waals surface area contributed by atoms with Crippen molar-refractivity contribution < 1.29 is 4.92 Å². The molecule has 8 nitrogen and oxygen atoms in total. The summed E-state index contributed by atoms with van der Waals surface area (Å²) in [4.78, 5) is 20.5. The van der Waals surface area contributed by atoms with Crippen LogP contribution in [0.25, 0.3) is 0 Å². The minimum absolute atomic E-state index is 0.0389. The van der Waals surface area contributed by atoms with Crippen molar-refractivity contribution >= 4 is 28.9 Å². The molecule has 9 heteroatoms. The van der Waals surface area contributed by atoms with Crippen molar-refractivity contribution in [2.24, 2.45) is 0 Å². The van der Waals surface area contributed by atoms with Crippen molar-refractivity contribution in [2.75, 3.05) is 23.3 Å². The van der Waals surface area contributed by atoms with Gasteiger partial charge in [-0.2, -0.15) is 5.26 Å². The van der Waals surface area contributed by atoms with E-state index >= 15 is 0 Å². The second kappa shape index (κ2) is 6.68. The number of aromatic nitrogens is 2. The maximum absolute atomic E-state index is 10.6. The maximum atomic E-state index is 10.6. The lowest BCUT2D eigenvalue weighted by Crippen LogP contribution is -2.27. The highest BCUT2D eigenvalue weighted by atomic mass is 35.5. The Bertz CT molecular complexity index is 805. The van der Waals surface area contributed by atoms with Crippen LogP contribution in [0.2, 0.25) is 5.02 Å². The summed E-state index contributed by atoms with van der Waals surface area (Å²) < 4.78 is 0. The van der Waals surface area contributed by atoms with E-state index in [-0.39, 0.29) is 17.4 Å². The summed E-state index contributed by atoms with van der Waals surface area (Å²) in [7, 11) is 0. The molecule has 3 rings (SSSR count). The highest BCUT2D eigenvalue weighted by Crippen LogP contribution is 2.23. The molecule has 1 aliphatic rings. The third-order valence-corrected chi connectivity index (χ3v) is 4.07. The summed E-state index contributed by atoms with van der Waals surface area (Å²) in [5.41, 5.74) is 0.172. The molecule has 122 valence electrons. The minimum Gasteiger partial charge on any atom is -0.365 e. The van der Waals surface area contributed by atoms with E-state index in [1.165, 1.54) is 12.3 Å². The minimum atomic E-state index is -0.479. The Morgan fingerprint density at radius 1 is 1.42 bits per heavy atom. The van der Waals surface area contributed by atoms with E-state index in [2.05, 4.69) is 20.2 Å². The van der Waals surface area contributed by atoms with Crippen molar-refractivity contribution in [2.45, 2.75) is 12.5 Å². The van der Waals surface area contributed by atoms with E-state index in [0.717, 1.165) is 13.0 Å². The quantitative estimate of drug-likeness (QED) is 0.670. The van der Waals surface area contributed by atoms with Gasteiger partial charge in [0.2, 0.25) is 0 Å². The van der Waals surface area contributed by atoms with Gasteiger partial charge in [0.1, 0.15) is 23.9 Å². The molecule has 0 spiro atoms. The molecule has 0 aromatic carbocycles. The van der Waals surface area contributed by atoms with Gasteiger partial charge in [0, 0.05) is 25.2 Å². The van der Waals surface area contributed by atoms with Gasteiger partial charge in [0.25, 0.3) is 5.69 Å². The van der Waals surface area contributed by atoms with Gasteiger partial charge in [-0.05, 0) is 24.6 Å². The van der Waals surface area contributed by atoms with Crippen molar-refractivity contribution in [3.63, 3.8) is 0 Å². The Morgan fingerprint density at radius 2 is 2.25 bits per heavy atom. The summed E-state index contributed by atoms with van der Waals surface area (Å²) in [6, 6.07) is 8.58. The second-order valence-corrected chi connectivity index (χ2v) is 5.75. The summed E-state index contributed by atoms with van der Waals surface area (Å²) in [6.45, 7) is 1.47. The van der Waals surface area contributed by atoms with Crippen LogP contribution < -0.4 is 10.2 Å². The second-order valence-electron chi connectivity index (χ2n) is 5.35. The smallest absolute Gasteiger partial charge is 0.287 e. The number of rotatable bonds is 4. The molecule has 24 heavy (non-hydrogen) atoms. The lowest BCUT2D eigenvalue weighted by atomic mass is 10.2. The maximum Gasteiger partial charge on any atom is 0.287 e. The number of nitro groups is 1. The van der Waals surface area contributed by atoms with Crippen LogP contribution in [0.5, 0.6) is 0 Å². The summed E-state index contributed by atoms with van der Waals surface area (Å²) >= 11 is 5.90. The number of nitrogens with zero attached hydrogens (tertiary/aromatic N) is 5. The van der Waals surface area contributed by atoms with Gasteiger partial charge >= 0.3 is 0 Å². The van der Waals surface area contributed by atoms with E-state index in [1.807, 2.05) is 6.07 Å². The first-order chi connectivity index (χ1) is 11.6. The van der Waals surface area contributed by atoms with Crippen LogP contribution in [0.4, 0.5) is 17.3 Å². The first-order valence-corrected chi connectivity index (χ1v) is 7.63. The van der Waals surface area contributed by atoms with Gasteiger partial charge in [0.15, 0.2) is 5.69 Å². The molecule has 3 heterocycles. The van der Waals surface area contributed by atoms with E-state index in [9.17, 15) is 10.1 Å². The van der Waals surface area contributed by atoms with Gasteiger partial charge in [0.05, 0.1) is 9.95 Å². The lowest BCUT2D eigenvalue weighted by Gasteiger charge is -2.18. The summed E-state index contributed by atoms with van der Waals surface area (Å²) in [6.07, 6.45) is 2.10. The average Bonchev–Trinajstić information content (AvgIpc) is 3.04. The highest BCUT2D eigenvalue weighted by molar-refractivity contribution is 6.31. The Hall–Kier alpha value is -2.92. The summed E-state index contributed by atoms with van der Waals surface area (Å²) in [5, 5.41) is 23.2. The molecule has 0 amide bonds. The zero-order valence-electron chi connectivity index (χ0n) is 12.5. The van der Waals surface area contributed by atoms with Crippen LogP contribution >= 0.6 is 11.6 Å². The number of nitriles is 1. The normalized spacial score (nSPS) is 16.7. The molecular formula is C15H13ClN6O2. The third-order valence-electron chi connectivity index (χ3n) is 3.76. The van der Waals surface area contributed by atoms with Gasteiger partial charge in [-0.15, -0.1) is 0 Å². The zero-order valence-corrected chi connectivity index (χ0v) is 13.3. The first kappa shape index (κ1) is 16.0. The Morgan fingerprint density at radius 3 is 2.92 bits per heavy atom. The number of pyridine rings is 2. The van der Waals surface area contributed by atoms with E-state index in [1.54, 1.807) is 18.2 Å². The lowest BCUT2D eigenvalue weighted by molar-refractivity contribution is -0.385. The van der Waals surface area contributed by atoms with Gasteiger partial charge in [-0.25, -0.2) is 9.97 Å². The summed E-state index contributed by atoms with van der Waals surface area (Å²) in [5.74, 6) is 1.30. The van der Waals surface area contributed by atoms with Crippen molar-refractivity contribution in [1.29, 1.82) is 5.26 Å². The fourth-order valence-corrected chi connectivity index (χ4v) is 2.71. The van der Waals surface area contributed by atoms with E-state index < -0.39 is 4.92 Å². The van der Waals surface area contributed by atoms with Crippen LogP contribution in [0, 0.1) is 21.4 Å². The largest absolute Gasteiger partial charge is 0.365 e. The number of hydrogen-bond acceptors (Lipinski definition) is 7. The Balaban J connectivity index is 1.65. The molecule has 1 fully saturated rings. The zero-order chi connectivity index (χ0) is 17.1. The number of halogens is 1. The monoisotopic (exact) mass is 344 g/mol. The SMILES string of the molecule is N#Cc1nc(N2CCC(Nc3ccc([N+](=O)[O-])cn3)C2)ccc1Cl. The molecule has 1 N–H and O–H groups in total. The third kappa shape index (κ3) is 3.36. The molecule has 1 aliphatic heterocycles. The Kier molecular flexibility index (Phi) is 4.44. The average molecular weight is 345 g/mol. The molecule has 2 aromatic heterocycles. The van der Waals surface area contributed by atoms with E-state index in [0.29, 0.717) is 23.2 Å². The fourth-order valence-electron chi connectivity index (χ4n) is 2.56. The molecule has 0 radical (unpaired) electrons. The van der Waals surface area contributed by atoms with Gasteiger partial charge < -0.3 is 10.2 Å². The van der Waals surface area contributed by atoms with Gasteiger partial charge in [-0.3, -0.25) is 10.1 Å². The standard InChI is InChI=1S/C15H13ClN6O2/c16-12-2-4-15(20-13(12)7-17)21-6-5-10(9-21)19-14-3-1-11(8-18-14)22(23)24/h1-4,8,10H,5-6,9H2,(H,18,19). The Labute approximate surface area is 142 Å². The first-order valence-electron chi connectivity index (χ1n) is 7.25. The van der Waals surface area contributed by atoms with Crippen molar-refractivity contribution in [3.8, 4) is 6.07 Å². The highest BCUT2D eigenvalue weighted by Gasteiger charge is 2.24. The predicted molar refractivity (Wildman–Crippen MR) is 89.1 cm³/mol. The van der Waals surface area contributed by atoms with Crippen LogP contribution in [0.1, 0.15) is 12.1 Å². The molecule has 0 bridgehead atoms. The van der Waals surface area contributed by atoms with Crippen LogP contribution in [0.15, 0.2) is 30.5 Å². The van der Waals surface area contributed by atoms with Gasteiger partial charge in [-0.1, -0.05) is 11.6 Å². The van der Waals surface area contributed by atoms with Crippen LogP contribution in [-0.2, 0) is 0 Å². The predicted octanol–water partition coefficient (Wildman–Crippen LogP) is 2.60. The topological polar surface area (TPSA) is 108 Å². The molecule has 1 unspecified atom stereocenters. The van der Waals surface area contributed by atoms with Crippen LogP contribution in [0.3, 0.4) is 0 Å². The molecule has 0 saturated carbocycles. The molecule has 1 atom stereocenters. The van der Waals surface area contributed by atoms with Crippen molar-refractivity contribution in [3.05, 3.63) is 51.3 Å². The molecular weight excluding hydrogens is 332 g/mol. The molecule has 2 aromatic rings. The van der Waals surface area contributed by atoms with E-state index in [4.69, 9.17) is 16.9 Å². The number of hydrogen-bond donors (Lipinski definition) is 1.